The van der Waals surface area contributed by atoms with Gasteiger partial charge in [-0.1, -0.05) is 18.2 Å². The number of carbonyl (C=O) groups is 3. The highest BCUT2D eigenvalue weighted by Crippen LogP contribution is 2.25. The van der Waals surface area contributed by atoms with Crippen molar-refractivity contribution in [3.8, 4) is 0 Å². The SMILES string of the molecule is O=C(O)Nc1nc2ccc(C(=O)c3ccccc3C(=O)Nc3cc(Br)c(F)cc3F)cc2[nH]1. The second-order valence-corrected chi connectivity index (χ2v) is 7.68. The van der Waals surface area contributed by atoms with Gasteiger partial charge in [-0.05, 0) is 46.3 Å². The Morgan fingerprint density at radius 3 is 2.39 bits per heavy atom. The number of H-pyrrole nitrogens is 1. The van der Waals surface area contributed by atoms with Crippen molar-refractivity contribution < 1.29 is 28.3 Å². The summed E-state index contributed by atoms with van der Waals surface area (Å²) < 4.78 is 27.5. The molecule has 4 N–H and O–H groups in total. The Morgan fingerprint density at radius 2 is 1.67 bits per heavy atom. The second kappa shape index (κ2) is 8.79. The average Bonchev–Trinajstić information content (AvgIpc) is 3.17. The number of carbonyl (C=O) groups excluding carboxylic acids is 2. The van der Waals surface area contributed by atoms with Crippen LogP contribution in [0.15, 0.2) is 59.1 Å². The first-order valence-corrected chi connectivity index (χ1v) is 10.1. The summed E-state index contributed by atoms with van der Waals surface area (Å²) in [6.45, 7) is 0. The number of anilines is 2. The van der Waals surface area contributed by atoms with Gasteiger partial charge < -0.3 is 15.4 Å². The lowest BCUT2D eigenvalue weighted by Gasteiger charge is -2.11. The first kappa shape index (κ1) is 22.1. The van der Waals surface area contributed by atoms with Crippen LogP contribution < -0.4 is 10.6 Å². The van der Waals surface area contributed by atoms with E-state index in [1.807, 2.05) is 0 Å². The first-order valence-electron chi connectivity index (χ1n) is 9.32. The Morgan fingerprint density at radius 1 is 0.939 bits per heavy atom. The predicted octanol–water partition coefficient (Wildman–Crippen LogP) is 5.18. The third kappa shape index (κ3) is 4.58. The van der Waals surface area contributed by atoms with Crippen molar-refractivity contribution in [3.05, 3.63) is 87.4 Å². The number of nitrogens with one attached hydrogen (secondary N) is 3. The predicted molar refractivity (Wildman–Crippen MR) is 120 cm³/mol. The van der Waals surface area contributed by atoms with E-state index in [1.165, 1.54) is 30.3 Å². The van der Waals surface area contributed by atoms with E-state index in [1.54, 1.807) is 12.1 Å². The Kier molecular flexibility index (Phi) is 5.88. The summed E-state index contributed by atoms with van der Waals surface area (Å²) in [6.07, 6.45) is -1.30. The molecule has 33 heavy (non-hydrogen) atoms. The van der Waals surface area contributed by atoms with Gasteiger partial charge in [0.25, 0.3) is 5.91 Å². The Bertz CT molecular complexity index is 1440. The number of fused-ring (bicyclic) bond motifs is 1. The van der Waals surface area contributed by atoms with E-state index in [0.717, 1.165) is 6.07 Å². The summed E-state index contributed by atoms with van der Waals surface area (Å²) in [5.74, 6) is -3.05. The minimum Gasteiger partial charge on any atom is -0.465 e. The molecule has 0 spiro atoms. The summed E-state index contributed by atoms with van der Waals surface area (Å²) in [4.78, 5) is 43.6. The molecule has 0 fully saturated rings. The molecule has 0 bridgehead atoms. The minimum absolute atomic E-state index is 0.00522. The van der Waals surface area contributed by atoms with E-state index in [-0.39, 0.29) is 32.8 Å². The number of aromatic nitrogens is 2. The third-order valence-electron chi connectivity index (χ3n) is 4.64. The normalized spacial score (nSPS) is 10.8. The molecule has 0 unspecified atom stereocenters. The monoisotopic (exact) mass is 514 g/mol. The Labute approximate surface area is 192 Å². The molecule has 0 aliphatic heterocycles. The molecule has 0 aliphatic carbocycles. The number of imidazole rings is 1. The number of hydrogen-bond donors (Lipinski definition) is 4. The smallest absolute Gasteiger partial charge is 0.411 e. The highest BCUT2D eigenvalue weighted by Gasteiger charge is 2.20. The van der Waals surface area contributed by atoms with E-state index < -0.39 is 29.4 Å². The largest absolute Gasteiger partial charge is 0.465 e. The molecule has 0 aliphatic rings. The van der Waals surface area contributed by atoms with Crippen molar-refractivity contribution in [2.24, 2.45) is 0 Å². The van der Waals surface area contributed by atoms with Crippen molar-refractivity contribution in [1.82, 2.24) is 9.97 Å². The van der Waals surface area contributed by atoms with Gasteiger partial charge in [-0.3, -0.25) is 14.9 Å². The maximum atomic E-state index is 14.1. The summed E-state index contributed by atoms with van der Waals surface area (Å²) in [6, 6.07) is 12.2. The standard InChI is InChI=1S/C22H13BrF2N4O4/c23-13-8-17(15(25)9-14(13)24)26-20(31)12-4-2-1-3-11(12)19(30)10-5-6-16-18(7-10)28-21(27-16)29-22(32)33/h1-9H,(H,26,31)(H,32,33)(H2,27,28,29). The zero-order valence-corrected chi connectivity index (χ0v) is 18.0. The first-order chi connectivity index (χ1) is 15.7. The summed E-state index contributed by atoms with van der Waals surface area (Å²) in [5.41, 5.74) is 0.833. The topological polar surface area (TPSA) is 124 Å². The number of carboxylic acid groups (broad SMARTS) is 1. The lowest BCUT2D eigenvalue weighted by Crippen LogP contribution is -2.17. The van der Waals surface area contributed by atoms with E-state index in [4.69, 9.17) is 5.11 Å². The number of amides is 2. The number of aromatic amines is 1. The zero-order chi connectivity index (χ0) is 23.7. The number of nitrogens with zero attached hydrogens (tertiary/aromatic N) is 1. The molecule has 11 heteroatoms. The van der Waals surface area contributed by atoms with Crippen LogP contribution in [0.2, 0.25) is 0 Å². The molecule has 3 aromatic carbocycles. The van der Waals surface area contributed by atoms with E-state index in [0.29, 0.717) is 17.1 Å². The van der Waals surface area contributed by atoms with Crippen molar-refractivity contribution in [3.63, 3.8) is 0 Å². The number of hydrogen-bond acceptors (Lipinski definition) is 4. The van der Waals surface area contributed by atoms with Crippen LogP contribution in [0, 0.1) is 11.6 Å². The van der Waals surface area contributed by atoms with Gasteiger partial charge in [-0.2, -0.15) is 0 Å². The van der Waals surface area contributed by atoms with Gasteiger partial charge in [0.15, 0.2) is 5.78 Å². The van der Waals surface area contributed by atoms with Gasteiger partial charge in [-0.25, -0.2) is 18.6 Å². The molecule has 2 amide bonds. The van der Waals surface area contributed by atoms with Crippen molar-refractivity contribution in [2.45, 2.75) is 0 Å². The molecule has 8 nitrogen and oxygen atoms in total. The van der Waals surface area contributed by atoms with Crippen LogP contribution in [-0.2, 0) is 0 Å². The summed E-state index contributed by atoms with van der Waals surface area (Å²) >= 11 is 2.94. The van der Waals surface area contributed by atoms with Crippen molar-refractivity contribution in [1.29, 1.82) is 0 Å². The van der Waals surface area contributed by atoms with Gasteiger partial charge in [0, 0.05) is 17.2 Å². The number of rotatable bonds is 5. The highest BCUT2D eigenvalue weighted by atomic mass is 79.9. The third-order valence-corrected chi connectivity index (χ3v) is 5.25. The molecule has 1 aromatic heterocycles. The van der Waals surface area contributed by atoms with Crippen molar-refractivity contribution in [2.75, 3.05) is 10.6 Å². The van der Waals surface area contributed by atoms with Gasteiger partial charge in [-0.15, -0.1) is 0 Å². The lowest BCUT2D eigenvalue weighted by atomic mass is 9.97. The summed E-state index contributed by atoms with van der Waals surface area (Å²) in [7, 11) is 0. The fourth-order valence-electron chi connectivity index (χ4n) is 3.15. The van der Waals surface area contributed by atoms with Crippen LogP contribution >= 0.6 is 15.9 Å². The minimum atomic E-state index is -1.30. The molecule has 4 aromatic rings. The van der Waals surface area contributed by atoms with E-state index in [9.17, 15) is 23.2 Å². The maximum Gasteiger partial charge on any atom is 0.411 e. The highest BCUT2D eigenvalue weighted by molar-refractivity contribution is 9.10. The number of ketones is 1. The fourth-order valence-corrected chi connectivity index (χ4v) is 3.50. The Hall–Kier alpha value is -4.12. The van der Waals surface area contributed by atoms with Gasteiger partial charge in [0.1, 0.15) is 11.6 Å². The molecule has 0 atom stereocenters. The van der Waals surface area contributed by atoms with E-state index in [2.05, 4.69) is 36.5 Å². The lowest BCUT2D eigenvalue weighted by molar-refractivity contribution is 0.0996. The van der Waals surface area contributed by atoms with Crippen LogP contribution in [0.5, 0.6) is 0 Å². The molecular formula is C22H13BrF2N4O4. The fraction of sp³-hybridized carbons (Fsp3) is 0. The number of halogens is 3. The molecule has 166 valence electrons. The van der Waals surface area contributed by atoms with Gasteiger partial charge >= 0.3 is 6.09 Å². The molecule has 0 saturated heterocycles. The van der Waals surface area contributed by atoms with Crippen molar-refractivity contribution >= 4 is 56.4 Å². The van der Waals surface area contributed by atoms with Gasteiger partial charge in [0.2, 0.25) is 5.95 Å². The summed E-state index contributed by atoms with van der Waals surface area (Å²) in [5, 5.41) is 13.2. The van der Waals surface area contributed by atoms with E-state index >= 15 is 0 Å². The molecular weight excluding hydrogens is 502 g/mol. The molecule has 0 radical (unpaired) electrons. The van der Waals surface area contributed by atoms with Gasteiger partial charge in [0.05, 0.1) is 26.8 Å². The maximum absolute atomic E-state index is 14.1. The Balaban J connectivity index is 1.65. The zero-order valence-electron chi connectivity index (χ0n) is 16.4. The molecule has 4 rings (SSSR count). The van der Waals surface area contributed by atoms with Crippen LogP contribution in [0.1, 0.15) is 26.3 Å². The molecule has 1 heterocycles. The second-order valence-electron chi connectivity index (χ2n) is 6.82. The van der Waals surface area contributed by atoms with Crippen LogP contribution in [0.3, 0.4) is 0 Å². The average molecular weight is 515 g/mol. The van der Waals surface area contributed by atoms with Crippen LogP contribution in [0.4, 0.5) is 25.2 Å². The van der Waals surface area contributed by atoms with Crippen LogP contribution in [-0.4, -0.2) is 32.9 Å². The number of benzene rings is 3. The quantitative estimate of drug-likeness (QED) is 0.216. The van der Waals surface area contributed by atoms with Crippen LogP contribution in [0.25, 0.3) is 11.0 Å². The molecule has 0 saturated carbocycles.